The highest BCUT2D eigenvalue weighted by Gasteiger charge is 2.29. The summed E-state index contributed by atoms with van der Waals surface area (Å²) < 4.78 is 0.200. The molecule has 2 rings (SSSR count). The third kappa shape index (κ3) is 2.67. The number of anilines is 1. The van der Waals surface area contributed by atoms with Crippen LogP contribution in [0.5, 0.6) is 0 Å². The van der Waals surface area contributed by atoms with Crippen LogP contribution in [0.15, 0.2) is 12.3 Å². The molecule has 1 saturated heterocycles. The summed E-state index contributed by atoms with van der Waals surface area (Å²) in [6, 6.07) is 3.74. The Kier molecular flexibility index (Phi) is 3.50. The molecule has 0 bridgehead atoms. The van der Waals surface area contributed by atoms with Crippen molar-refractivity contribution in [3.8, 4) is 6.07 Å². The Morgan fingerprint density at radius 2 is 2.35 bits per heavy atom. The van der Waals surface area contributed by atoms with Gasteiger partial charge in [0, 0.05) is 29.8 Å². The van der Waals surface area contributed by atoms with Crippen LogP contribution in [0.4, 0.5) is 5.82 Å². The second kappa shape index (κ2) is 4.75. The summed E-state index contributed by atoms with van der Waals surface area (Å²) in [4.78, 5) is 6.48. The van der Waals surface area contributed by atoms with E-state index in [9.17, 15) is 0 Å². The van der Waals surface area contributed by atoms with E-state index in [2.05, 4.69) is 29.8 Å². The molecule has 90 valence electrons. The van der Waals surface area contributed by atoms with Crippen molar-refractivity contribution in [1.82, 2.24) is 4.98 Å². The first-order valence-electron chi connectivity index (χ1n) is 5.47. The number of hydrogen-bond acceptors (Lipinski definition) is 4. The predicted molar refractivity (Wildman–Crippen MR) is 72.7 cm³/mol. The van der Waals surface area contributed by atoms with E-state index in [4.69, 9.17) is 16.9 Å². The van der Waals surface area contributed by atoms with Crippen LogP contribution in [-0.4, -0.2) is 28.6 Å². The van der Waals surface area contributed by atoms with Gasteiger partial charge in [-0.25, -0.2) is 4.98 Å². The molecule has 0 spiro atoms. The van der Waals surface area contributed by atoms with Gasteiger partial charge >= 0.3 is 0 Å². The molecule has 0 saturated carbocycles. The zero-order valence-corrected chi connectivity index (χ0v) is 11.5. The highest BCUT2D eigenvalue weighted by Crippen LogP contribution is 2.34. The normalized spacial score (nSPS) is 18.8. The van der Waals surface area contributed by atoms with Crippen LogP contribution >= 0.6 is 23.4 Å². The molecule has 0 N–H and O–H groups in total. The molecule has 0 radical (unpaired) electrons. The maximum absolute atomic E-state index is 8.96. The molecule has 5 heteroatoms. The van der Waals surface area contributed by atoms with Gasteiger partial charge in [0.2, 0.25) is 0 Å². The molecule has 0 amide bonds. The smallest absolute Gasteiger partial charge is 0.148 e. The van der Waals surface area contributed by atoms with Crippen molar-refractivity contribution < 1.29 is 0 Å². The van der Waals surface area contributed by atoms with Gasteiger partial charge in [-0.05, 0) is 19.9 Å². The first-order chi connectivity index (χ1) is 8.03. The second-order valence-electron chi connectivity index (χ2n) is 4.64. The van der Waals surface area contributed by atoms with Crippen LogP contribution in [-0.2, 0) is 0 Å². The van der Waals surface area contributed by atoms with Gasteiger partial charge in [0.15, 0.2) is 0 Å². The van der Waals surface area contributed by atoms with Crippen LogP contribution in [0, 0.1) is 11.3 Å². The fourth-order valence-electron chi connectivity index (χ4n) is 1.94. The van der Waals surface area contributed by atoms with Crippen LogP contribution in [0.2, 0.25) is 5.02 Å². The van der Waals surface area contributed by atoms with E-state index in [1.165, 1.54) is 0 Å². The average molecular weight is 268 g/mol. The van der Waals surface area contributed by atoms with Gasteiger partial charge in [0.1, 0.15) is 16.9 Å². The molecule has 0 unspecified atom stereocenters. The summed E-state index contributed by atoms with van der Waals surface area (Å²) in [5.74, 6) is 1.79. The van der Waals surface area contributed by atoms with Crippen molar-refractivity contribution in [2.45, 2.75) is 18.6 Å². The van der Waals surface area contributed by atoms with E-state index in [0.717, 1.165) is 24.7 Å². The molecule has 0 aromatic carbocycles. The van der Waals surface area contributed by atoms with E-state index in [1.807, 2.05) is 11.8 Å². The van der Waals surface area contributed by atoms with E-state index in [1.54, 1.807) is 12.3 Å². The van der Waals surface area contributed by atoms with Crippen LogP contribution in [0.1, 0.15) is 19.4 Å². The van der Waals surface area contributed by atoms with Gasteiger partial charge < -0.3 is 4.90 Å². The Balaban J connectivity index is 2.32. The number of nitrogens with zero attached hydrogens (tertiary/aromatic N) is 3. The van der Waals surface area contributed by atoms with E-state index >= 15 is 0 Å². The van der Waals surface area contributed by atoms with Crippen molar-refractivity contribution in [3.63, 3.8) is 0 Å². The molecule has 0 aliphatic carbocycles. The average Bonchev–Trinajstić information content (AvgIpc) is 2.28. The third-order valence-corrected chi connectivity index (χ3v) is 4.39. The number of aromatic nitrogens is 1. The Morgan fingerprint density at radius 3 is 3.00 bits per heavy atom. The number of halogens is 1. The number of hydrogen-bond donors (Lipinski definition) is 0. The largest absolute Gasteiger partial charge is 0.353 e. The molecule has 3 nitrogen and oxygen atoms in total. The lowest BCUT2D eigenvalue weighted by atomic mass is 10.1. The molecule has 2 heterocycles. The zero-order chi connectivity index (χ0) is 12.5. The Labute approximate surface area is 111 Å². The quantitative estimate of drug-likeness (QED) is 0.784. The number of pyridine rings is 1. The monoisotopic (exact) mass is 267 g/mol. The van der Waals surface area contributed by atoms with Crippen LogP contribution in [0.3, 0.4) is 0 Å². The summed E-state index contributed by atoms with van der Waals surface area (Å²) in [5, 5.41) is 9.43. The van der Waals surface area contributed by atoms with Gasteiger partial charge in [-0.2, -0.15) is 17.0 Å². The number of nitriles is 1. The van der Waals surface area contributed by atoms with Crippen LogP contribution < -0.4 is 4.90 Å². The summed E-state index contributed by atoms with van der Waals surface area (Å²) >= 11 is 8.16. The first-order valence-corrected chi connectivity index (χ1v) is 6.83. The fraction of sp³-hybridized carbons (Fsp3) is 0.500. The topological polar surface area (TPSA) is 39.9 Å². The molecule has 0 atom stereocenters. The lowest BCUT2D eigenvalue weighted by molar-refractivity contribution is 0.642. The van der Waals surface area contributed by atoms with Crippen molar-refractivity contribution in [1.29, 1.82) is 5.26 Å². The third-order valence-electron chi connectivity index (χ3n) is 2.72. The first kappa shape index (κ1) is 12.5. The maximum Gasteiger partial charge on any atom is 0.148 e. The maximum atomic E-state index is 8.96. The molecule has 1 aliphatic rings. The van der Waals surface area contributed by atoms with Crippen molar-refractivity contribution in [2.24, 2.45) is 0 Å². The van der Waals surface area contributed by atoms with Gasteiger partial charge in [-0.1, -0.05) is 11.6 Å². The Bertz CT molecular complexity index is 467. The van der Waals surface area contributed by atoms with Gasteiger partial charge in [0.25, 0.3) is 0 Å². The van der Waals surface area contributed by atoms with E-state index < -0.39 is 0 Å². The lowest BCUT2D eigenvalue weighted by Crippen LogP contribution is -2.43. The van der Waals surface area contributed by atoms with Crippen molar-refractivity contribution >= 4 is 29.2 Å². The van der Waals surface area contributed by atoms with Gasteiger partial charge in [0.05, 0.1) is 5.56 Å². The Hall–Kier alpha value is -0.920. The predicted octanol–water partition coefficient (Wildman–Crippen LogP) is 2.94. The van der Waals surface area contributed by atoms with Crippen molar-refractivity contribution in [2.75, 3.05) is 23.7 Å². The fourth-order valence-corrected chi connectivity index (χ4v) is 3.32. The molecule has 1 aromatic rings. The molecule has 1 aromatic heterocycles. The van der Waals surface area contributed by atoms with E-state index in [-0.39, 0.29) is 4.75 Å². The highest BCUT2D eigenvalue weighted by molar-refractivity contribution is 8.00. The standard InChI is InChI=1S/C12H14ClN3S/c1-12(2)8-16(5-6-17-12)11-10(13)9(7-14)3-4-15-11/h3-4H,5-6,8H2,1-2H3. The number of rotatable bonds is 1. The summed E-state index contributed by atoms with van der Waals surface area (Å²) in [7, 11) is 0. The zero-order valence-electron chi connectivity index (χ0n) is 9.90. The molecular weight excluding hydrogens is 254 g/mol. The second-order valence-corrected chi connectivity index (χ2v) is 6.82. The SMILES string of the molecule is CC1(C)CN(c2nccc(C#N)c2Cl)CCS1. The van der Waals surface area contributed by atoms with Gasteiger partial charge in [-0.15, -0.1) is 0 Å². The minimum absolute atomic E-state index is 0.200. The Morgan fingerprint density at radius 1 is 1.59 bits per heavy atom. The minimum atomic E-state index is 0.200. The minimum Gasteiger partial charge on any atom is -0.353 e. The highest BCUT2D eigenvalue weighted by atomic mass is 35.5. The molecule has 17 heavy (non-hydrogen) atoms. The summed E-state index contributed by atoms with van der Waals surface area (Å²) in [6.07, 6.45) is 1.65. The van der Waals surface area contributed by atoms with Crippen molar-refractivity contribution in [3.05, 3.63) is 22.8 Å². The summed E-state index contributed by atoms with van der Waals surface area (Å²) in [5.41, 5.74) is 0.493. The molecule has 1 fully saturated rings. The van der Waals surface area contributed by atoms with Crippen LogP contribution in [0.25, 0.3) is 0 Å². The van der Waals surface area contributed by atoms with Gasteiger partial charge in [-0.3, -0.25) is 0 Å². The molecule has 1 aliphatic heterocycles. The van der Waals surface area contributed by atoms with E-state index in [0.29, 0.717) is 10.6 Å². The molecular formula is C12H14ClN3S. The number of thioether (sulfide) groups is 1. The lowest BCUT2D eigenvalue weighted by Gasteiger charge is -2.38. The summed E-state index contributed by atoms with van der Waals surface area (Å²) in [6.45, 7) is 6.26.